The van der Waals surface area contributed by atoms with Gasteiger partial charge in [-0.05, 0) is 55.9 Å². The lowest BCUT2D eigenvalue weighted by Crippen LogP contribution is -2.35. The molecule has 1 aliphatic carbocycles. The molecule has 2 aromatic carbocycles. The minimum atomic E-state index is -0.794. The highest BCUT2D eigenvalue weighted by Gasteiger charge is 2.30. The molecule has 3 rings (SSSR count). The van der Waals surface area contributed by atoms with Gasteiger partial charge in [0.05, 0.1) is 5.69 Å². The Kier molecular flexibility index (Phi) is 6.39. The van der Waals surface area contributed by atoms with Gasteiger partial charge in [0.15, 0.2) is 0 Å². The lowest BCUT2D eigenvalue weighted by Gasteiger charge is -2.27. The molecule has 0 aromatic heterocycles. The second-order valence-corrected chi connectivity index (χ2v) is 7.31. The number of halogens is 2. The molecular weight excluding hydrogens is 362 g/mol. The van der Waals surface area contributed by atoms with Crippen LogP contribution in [0.5, 0.6) is 0 Å². The van der Waals surface area contributed by atoms with Crippen molar-refractivity contribution >= 4 is 17.5 Å². The van der Waals surface area contributed by atoms with Gasteiger partial charge in [-0.3, -0.25) is 9.59 Å². The second-order valence-electron chi connectivity index (χ2n) is 7.31. The molecule has 148 valence electrons. The monoisotopic (exact) mass is 386 g/mol. The highest BCUT2D eigenvalue weighted by Crippen LogP contribution is 2.30. The van der Waals surface area contributed by atoms with E-state index in [4.69, 9.17) is 0 Å². The van der Waals surface area contributed by atoms with Gasteiger partial charge in [0.2, 0.25) is 11.8 Å². The first-order chi connectivity index (χ1) is 13.4. The predicted octanol–water partition coefficient (Wildman–Crippen LogP) is 4.33. The highest BCUT2D eigenvalue weighted by molar-refractivity contribution is 5.92. The van der Waals surface area contributed by atoms with E-state index < -0.39 is 11.6 Å². The minimum Gasteiger partial charge on any atom is -0.352 e. The molecule has 0 bridgehead atoms. The van der Waals surface area contributed by atoms with Gasteiger partial charge < -0.3 is 10.6 Å². The van der Waals surface area contributed by atoms with Crippen molar-refractivity contribution in [3.8, 4) is 0 Å². The number of benzene rings is 2. The van der Waals surface area contributed by atoms with Gasteiger partial charge in [0.1, 0.15) is 11.6 Å². The van der Waals surface area contributed by atoms with Gasteiger partial charge >= 0.3 is 0 Å². The average molecular weight is 386 g/mol. The SMILES string of the molecule is Cc1ccccc1CNC(=O)C1CCC(C(=O)Nc2ccc(F)cc2F)CC1. The molecular formula is C22H24F2N2O2. The number of rotatable bonds is 5. The largest absolute Gasteiger partial charge is 0.352 e. The number of carbonyl (C=O) groups excluding carboxylic acids is 2. The van der Waals surface area contributed by atoms with Crippen LogP contribution in [-0.4, -0.2) is 11.8 Å². The molecule has 0 unspecified atom stereocenters. The topological polar surface area (TPSA) is 58.2 Å². The third-order valence-corrected chi connectivity index (χ3v) is 5.37. The van der Waals surface area contributed by atoms with E-state index in [0.717, 1.165) is 23.3 Å². The quantitative estimate of drug-likeness (QED) is 0.803. The Morgan fingerprint density at radius 1 is 0.964 bits per heavy atom. The van der Waals surface area contributed by atoms with E-state index in [1.807, 2.05) is 31.2 Å². The lowest BCUT2D eigenvalue weighted by atomic mass is 9.81. The van der Waals surface area contributed by atoms with Crippen LogP contribution < -0.4 is 10.6 Å². The summed E-state index contributed by atoms with van der Waals surface area (Å²) >= 11 is 0. The molecule has 0 aliphatic heterocycles. The van der Waals surface area contributed by atoms with E-state index in [1.54, 1.807) is 0 Å². The normalized spacial score (nSPS) is 19.1. The maximum atomic E-state index is 13.7. The van der Waals surface area contributed by atoms with Gasteiger partial charge in [0.25, 0.3) is 0 Å². The zero-order valence-corrected chi connectivity index (χ0v) is 15.8. The second kappa shape index (κ2) is 8.95. The maximum Gasteiger partial charge on any atom is 0.227 e. The van der Waals surface area contributed by atoms with Crippen LogP contribution in [0.2, 0.25) is 0 Å². The summed E-state index contributed by atoms with van der Waals surface area (Å²) in [5.41, 5.74) is 2.20. The standard InChI is InChI=1S/C22H24F2N2O2/c1-14-4-2-3-5-17(14)13-25-21(27)15-6-8-16(9-7-15)22(28)26-20-11-10-18(23)12-19(20)24/h2-5,10-12,15-16H,6-9,13H2,1H3,(H,25,27)(H,26,28). The first-order valence-electron chi connectivity index (χ1n) is 9.52. The summed E-state index contributed by atoms with van der Waals surface area (Å²) in [4.78, 5) is 24.8. The number of hydrogen-bond acceptors (Lipinski definition) is 2. The molecule has 2 amide bonds. The van der Waals surface area contributed by atoms with Crippen molar-refractivity contribution in [3.05, 3.63) is 65.2 Å². The first kappa shape index (κ1) is 20.0. The summed E-state index contributed by atoms with van der Waals surface area (Å²) in [6.45, 7) is 2.50. The van der Waals surface area contributed by atoms with Crippen molar-refractivity contribution in [3.63, 3.8) is 0 Å². The Bertz CT molecular complexity index is 861. The van der Waals surface area contributed by atoms with Crippen LogP contribution in [0.3, 0.4) is 0 Å². The van der Waals surface area contributed by atoms with Gasteiger partial charge in [-0.25, -0.2) is 8.78 Å². The number of amides is 2. The Morgan fingerprint density at radius 2 is 1.61 bits per heavy atom. The van der Waals surface area contributed by atoms with E-state index in [0.29, 0.717) is 32.2 Å². The van der Waals surface area contributed by atoms with Crippen LogP contribution in [0.4, 0.5) is 14.5 Å². The Morgan fingerprint density at radius 3 is 2.25 bits per heavy atom. The summed E-state index contributed by atoms with van der Waals surface area (Å²) in [5.74, 6) is -2.15. The summed E-state index contributed by atoms with van der Waals surface area (Å²) in [5, 5.41) is 5.50. The smallest absolute Gasteiger partial charge is 0.227 e. The van der Waals surface area contributed by atoms with Crippen molar-refractivity contribution in [2.45, 2.75) is 39.2 Å². The number of hydrogen-bond donors (Lipinski definition) is 2. The lowest BCUT2D eigenvalue weighted by molar-refractivity contribution is -0.128. The van der Waals surface area contributed by atoms with Crippen molar-refractivity contribution in [2.24, 2.45) is 11.8 Å². The zero-order valence-electron chi connectivity index (χ0n) is 15.8. The van der Waals surface area contributed by atoms with Gasteiger partial charge in [0, 0.05) is 24.4 Å². The Labute approximate surface area is 163 Å². The first-order valence-corrected chi connectivity index (χ1v) is 9.52. The third kappa shape index (κ3) is 4.94. The van der Waals surface area contributed by atoms with Crippen LogP contribution >= 0.6 is 0 Å². The molecule has 0 radical (unpaired) electrons. The predicted molar refractivity (Wildman–Crippen MR) is 103 cm³/mol. The molecule has 4 nitrogen and oxygen atoms in total. The maximum absolute atomic E-state index is 13.7. The number of carbonyl (C=O) groups is 2. The van der Waals surface area contributed by atoms with Crippen molar-refractivity contribution < 1.29 is 18.4 Å². The highest BCUT2D eigenvalue weighted by atomic mass is 19.1. The molecule has 28 heavy (non-hydrogen) atoms. The van der Waals surface area contributed by atoms with E-state index in [2.05, 4.69) is 10.6 Å². The molecule has 0 heterocycles. The number of nitrogens with one attached hydrogen (secondary N) is 2. The Balaban J connectivity index is 1.47. The van der Waals surface area contributed by atoms with Crippen LogP contribution in [0.15, 0.2) is 42.5 Å². The fourth-order valence-electron chi connectivity index (χ4n) is 3.58. The average Bonchev–Trinajstić information content (AvgIpc) is 2.69. The summed E-state index contributed by atoms with van der Waals surface area (Å²) in [7, 11) is 0. The zero-order chi connectivity index (χ0) is 20.1. The molecule has 0 saturated heterocycles. The molecule has 6 heteroatoms. The molecule has 1 saturated carbocycles. The van der Waals surface area contributed by atoms with Gasteiger partial charge in [-0.1, -0.05) is 24.3 Å². The van der Waals surface area contributed by atoms with E-state index >= 15 is 0 Å². The summed E-state index contributed by atoms with van der Waals surface area (Å²) in [6.07, 6.45) is 2.36. The van der Waals surface area contributed by atoms with Crippen molar-refractivity contribution in [1.82, 2.24) is 5.32 Å². The van der Waals surface area contributed by atoms with E-state index in [-0.39, 0.29) is 29.3 Å². The van der Waals surface area contributed by atoms with E-state index in [9.17, 15) is 18.4 Å². The van der Waals surface area contributed by atoms with Crippen LogP contribution in [-0.2, 0) is 16.1 Å². The van der Waals surface area contributed by atoms with Crippen LogP contribution in [0, 0.1) is 30.4 Å². The van der Waals surface area contributed by atoms with Crippen LogP contribution in [0.1, 0.15) is 36.8 Å². The fraction of sp³-hybridized carbons (Fsp3) is 0.364. The van der Waals surface area contributed by atoms with Crippen molar-refractivity contribution in [1.29, 1.82) is 0 Å². The number of aryl methyl sites for hydroxylation is 1. The van der Waals surface area contributed by atoms with Gasteiger partial charge in [-0.15, -0.1) is 0 Å². The molecule has 2 aromatic rings. The molecule has 2 N–H and O–H groups in total. The number of anilines is 1. The van der Waals surface area contributed by atoms with Gasteiger partial charge in [-0.2, -0.15) is 0 Å². The van der Waals surface area contributed by atoms with E-state index in [1.165, 1.54) is 6.07 Å². The summed E-state index contributed by atoms with van der Waals surface area (Å²) < 4.78 is 26.7. The molecule has 0 spiro atoms. The minimum absolute atomic E-state index is 0.00619. The molecule has 0 atom stereocenters. The Hall–Kier alpha value is -2.76. The molecule has 1 aliphatic rings. The fourth-order valence-corrected chi connectivity index (χ4v) is 3.58. The van der Waals surface area contributed by atoms with Crippen molar-refractivity contribution in [2.75, 3.05) is 5.32 Å². The van der Waals surface area contributed by atoms with Crippen LogP contribution in [0.25, 0.3) is 0 Å². The molecule has 1 fully saturated rings. The third-order valence-electron chi connectivity index (χ3n) is 5.37. The summed E-state index contributed by atoms with van der Waals surface area (Å²) in [6, 6.07) is 11.0.